The number of halogens is 6. The summed E-state index contributed by atoms with van der Waals surface area (Å²) >= 11 is 0. The molecule has 2 aromatic carbocycles. The lowest BCUT2D eigenvalue weighted by Gasteiger charge is -2.70. The Balaban J connectivity index is 1.61. The Hall–Kier alpha value is -2.76. The van der Waals surface area contributed by atoms with Crippen molar-refractivity contribution in [3.63, 3.8) is 0 Å². The van der Waals surface area contributed by atoms with Crippen molar-refractivity contribution in [3.05, 3.63) is 59.2 Å². The van der Waals surface area contributed by atoms with Gasteiger partial charge in [-0.1, -0.05) is 32.9 Å². The van der Waals surface area contributed by atoms with Crippen molar-refractivity contribution < 1.29 is 39.6 Å². The molecule has 0 aliphatic heterocycles. The van der Waals surface area contributed by atoms with Gasteiger partial charge in [-0.05, 0) is 60.6 Å². The average molecular weight is 535 g/mol. The molecule has 0 unspecified atom stereocenters. The zero-order valence-electron chi connectivity index (χ0n) is 19.6. The standard InChI is InChI=1S/C24H24F6N2O3S/c1-20(2,3)14-4-7-16(8-5-14)36(34,35)32-18-10-15(23(25,26)27)6-9-17(18)19(33)31-22-11-21(12-22,13-22)24(28,29)30/h4-10,32H,11-13H2,1-3H3,(H,31,33). The summed E-state index contributed by atoms with van der Waals surface area (Å²) < 4.78 is 107. The topological polar surface area (TPSA) is 75.3 Å². The van der Waals surface area contributed by atoms with E-state index in [4.69, 9.17) is 0 Å². The number of benzene rings is 2. The summed E-state index contributed by atoms with van der Waals surface area (Å²) in [6, 6.07) is 7.67. The molecule has 3 aliphatic rings. The highest BCUT2D eigenvalue weighted by atomic mass is 32.2. The molecule has 2 aromatic rings. The van der Waals surface area contributed by atoms with E-state index in [9.17, 15) is 39.6 Å². The SMILES string of the molecule is CC(C)(C)c1ccc(S(=O)(=O)Nc2cc(C(F)(F)F)ccc2C(=O)NC23CC(C(F)(F)F)(C2)C3)cc1. The highest BCUT2D eigenvalue weighted by Crippen LogP contribution is 2.73. The molecule has 3 aliphatic carbocycles. The molecule has 3 saturated carbocycles. The zero-order valence-corrected chi connectivity index (χ0v) is 20.4. The van der Waals surface area contributed by atoms with Gasteiger partial charge in [0.05, 0.1) is 27.1 Å². The first-order valence-corrected chi connectivity index (χ1v) is 12.5. The average Bonchev–Trinajstić information content (AvgIpc) is 2.67. The van der Waals surface area contributed by atoms with Gasteiger partial charge in [-0.15, -0.1) is 0 Å². The van der Waals surface area contributed by atoms with Gasteiger partial charge in [0.25, 0.3) is 15.9 Å². The van der Waals surface area contributed by atoms with Crippen LogP contribution in [0.1, 0.15) is 61.5 Å². The molecule has 0 aromatic heterocycles. The van der Waals surface area contributed by atoms with Gasteiger partial charge in [0.1, 0.15) is 0 Å². The van der Waals surface area contributed by atoms with Gasteiger partial charge in [-0.25, -0.2) is 8.42 Å². The van der Waals surface area contributed by atoms with Gasteiger partial charge in [0, 0.05) is 5.54 Å². The number of carbonyl (C=O) groups is 1. The molecule has 5 nitrogen and oxygen atoms in total. The van der Waals surface area contributed by atoms with Crippen LogP contribution in [0.2, 0.25) is 0 Å². The second kappa shape index (κ2) is 7.87. The molecule has 2 bridgehead atoms. The first-order valence-electron chi connectivity index (χ1n) is 11.0. The highest BCUT2D eigenvalue weighted by Gasteiger charge is 2.79. The van der Waals surface area contributed by atoms with Gasteiger partial charge in [-0.3, -0.25) is 9.52 Å². The molecule has 2 N–H and O–H groups in total. The van der Waals surface area contributed by atoms with Crippen LogP contribution in [0.3, 0.4) is 0 Å². The third-order valence-electron chi connectivity index (χ3n) is 6.88. The summed E-state index contributed by atoms with van der Waals surface area (Å²) in [7, 11) is -4.39. The minimum Gasteiger partial charge on any atom is -0.346 e. The first kappa shape index (κ1) is 26.3. The van der Waals surface area contributed by atoms with Crippen LogP contribution in [-0.2, 0) is 21.6 Å². The van der Waals surface area contributed by atoms with Crippen LogP contribution >= 0.6 is 0 Å². The normalized spacial score (nSPS) is 23.9. The van der Waals surface area contributed by atoms with E-state index in [0.717, 1.165) is 11.6 Å². The van der Waals surface area contributed by atoms with Crippen LogP contribution in [0.25, 0.3) is 0 Å². The highest BCUT2D eigenvalue weighted by molar-refractivity contribution is 7.92. The summed E-state index contributed by atoms with van der Waals surface area (Å²) in [6.07, 6.45) is -10.2. The van der Waals surface area contributed by atoms with E-state index in [1.165, 1.54) is 12.1 Å². The summed E-state index contributed by atoms with van der Waals surface area (Å²) in [5, 5.41) is 2.47. The number of alkyl halides is 6. The number of rotatable bonds is 5. The molecule has 12 heteroatoms. The van der Waals surface area contributed by atoms with Crippen LogP contribution in [0.15, 0.2) is 47.4 Å². The summed E-state index contributed by atoms with van der Waals surface area (Å²) in [5.74, 6) is -0.958. The van der Waals surface area contributed by atoms with Crippen LogP contribution < -0.4 is 10.0 Å². The van der Waals surface area contributed by atoms with E-state index < -0.39 is 56.1 Å². The number of sulfonamides is 1. The van der Waals surface area contributed by atoms with Crippen molar-refractivity contribution in [2.24, 2.45) is 5.41 Å². The van der Waals surface area contributed by atoms with Gasteiger partial charge in [0.2, 0.25) is 0 Å². The smallest absolute Gasteiger partial charge is 0.346 e. The minimum absolute atomic E-state index is 0.231. The van der Waals surface area contributed by atoms with Crippen molar-refractivity contribution in [1.29, 1.82) is 0 Å². The Morgan fingerprint density at radius 2 is 1.39 bits per heavy atom. The lowest BCUT2D eigenvalue weighted by atomic mass is 9.39. The van der Waals surface area contributed by atoms with Crippen molar-refractivity contribution >= 4 is 21.6 Å². The van der Waals surface area contributed by atoms with Crippen molar-refractivity contribution in [2.75, 3.05) is 4.72 Å². The molecule has 1 amide bonds. The summed E-state index contributed by atoms with van der Waals surface area (Å²) in [6.45, 7) is 5.76. The van der Waals surface area contributed by atoms with Gasteiger partial charge in [0.15, 0.2) is 0 Å². The van der Waals surface area contributed by atoms with Crippen LogP contribution in [-0.4, -0.2) is 26.0 Å². The van der Waals surface area contributed by atoms with Crippen LogP contribution in [0, 0.1) is 5.41 Å². The van der Waals surface area contributed by atoms with E-state index in [0.29, 0.717) is 12.1 Å². The first-order chi connectivity index (χ1) is 16.3. The van der Waals surface area contributed by atoms with Crippen LogP contribution in [0.5, 0.6) is 0 Å². The van der Waals surface area contributed by atoms with Gasteiger partial charge in [-0.2, -0.15) is 26.3 Å². The maximum absolute atomic E-state index is 13.3. The molecular weight excluding hydrogens is 510 g/mol. The molecule has 0 spiro atoms. The molecule has 36 heavy (non-hydrogen) atoms. The van der Waals surface area contributed by atoms with Gasteiger partial charge >= 0.3 is 12.4 Å². The Kier molecular flexibility index (Phi) is 5.75. The number of hydrogen-bond acceptors (Lipinski definition) is 3. The maximum Gasteiger partial charge on any atom is 0.416 e. The molecule has 0 radical (unpaired) electrons. The zero-order chi connectivity index (χ0) is 26.9. The fraction of sp³-hybridized carbons (Fsp3) is 0.458. The Bertz CT molecular complexity index is 1290. The fourth-order valence-corrected chi connectivity index (χ4v) is 5.94. The molecule has 5 rings (SSSR count). The Morgan fingerprint density at radius 3 is 1.86 bits per heavy atom. The van der Waals surface area contributed by atoms with Crippen molar-refractivity contribution in [1.82, 2.24) is 5.32 Å². The largest absolute Gasteiger partial charge is 0.416 e. The second-order valence-electron chi connectivity index (χ2n) is 10.7. The van der Waals surface area contributed by atoms with Crippen LogP contribution in [0.4, 0.5) is 32.0 Å². The third kappa shape index (κ3) is 4.55. The second-order valence-corrected chi connectivity index (χ2v) is 12.4. The number of amides is 1. The number of anilines is 1. The van der Waals surface area contributed by atoms with E-state index in [1.54, 1.807) is 12.1 Å². The van der Waals surface area contributed by atoms with E-state index in [2.05, 4.69) is 10.0 Å². The Labute approximate surface area is 204 Å². The van der Waals surface area contributed by atoms with E-state index in [-0.39, 0.29) is 29.6 Å². The summed E-state index contributed by atoms with van der Waals surface area (Å²) in [5.41, 5.74) is -4.63. The molecular formula is C24H24F6N2O3S. The molecule has 0 saturated heterocycles. The fourth-order valence-electron chi connectivity index (χ4n) is 4.87. The Morgan fingerprint density at radius 1 is 0.861 bits per heavy atom. The number of hydrogen-bond donors (Lipinski definition) is 2. The molecule has 196 valence electrons. The summed E-state index contributed by atoms with van der Waals surface area (Å²) in [4.78, 5) is 12.7. The molecule has 3 fully saturated rings. The van der Waals surface area contributed by atoms with E-state index >= 15 is 0 Å². The predicted molar refractivity (Wildman–Crippen MR) is 120 cm³/mol. The van der Waals surface area contributed by atoms with Gasteiger partial charge < -0.3 is 5.32 Å². The minimum atomic E-state index is -4.82. The van der Waals surface area contributed by atoms with E-state index in [1.807, 2.05) is 20.8 Å². The number of nitrogens with one attached hydrogen (secondary N) is 2. The third-order valence-corrected chi connectivity index (χ3v) is 8.26. The predicted octanol–water partition coefficient (Wildman–Crippen LogP) is 6.02. The maximum atomic E-state index is 13.3. The quantitative estimate of drug-likeness (QED) is 0.461. The molecule has 0 atom stereocenters. The van der Waals surface area contributed by atoms with Crippen molar-refractivity contribution in [3.8, 4) is 0 Å². The lowest BCUT2D eigenvalue weighted by Crippen LogP contribution is -2.78. The lowest BCUT2D eigenvalue weighted by molar-refractivity contribution is -0.336. The number of carbonyl (C=O) groups excluding carboxylic acids is 1. The van der Waals surface area contributed by atoms with Crippen molar-refractivity contribution in [2.45, 2.75) is 68.2 Å². The monoisotopic (exact) mass is 534 g/mol. The molecule has 0 heterocycles.